The highest BCUT2D eigenvalue weighted by atomic mass is 16.5. The largest absolute Gasteiger partial charge is 0.454 e. The van der Waals surface area contributed by atoms with Crippen LogP contribution in [0, 0.1) is 28.6 Å². The number of carbonyl (C=O) groups excluding carboxylic acids is 3. The van der Waals surface area contributed by atoms with Gasteiger partial charge in [-0.05, 0) is 74.7 Å². The van der Waals surface area contributed by atoms with E-state index in [1.165, 1.54) is 12.2 Å². The van der Waals surface area contributed by atoms with Gasteiger partial charge in [-0.25, -0.2) is 4.79 Å². The van der Waals surface area contributed by atoms with Crippen molar-refractivity contribution in [3.8, 4) is 0 Å². The summed E-state index contributed by atoms with van der Waals surface area (Å²) in [6.45, 7) is 5.33. The normalized spacial score (nSPS) is 44.3. The van der Waals surface area contributed by atoms with E-state index in [1.807, 2.05) is 6.92 Å². The minimum Gasteiger partial charge on any atom is -0.454 e. The zero-order chi connectivity index (χ0) is 22.6. The number of fused-ring (bicyclic) bond motifs is 5. The number of hydrogen-bond acceptors (Lipinski definition) is 6. The Kier molecular flexibility index (Phi) is 5.54. The summed E-state index contributed by atoms with van der Waals surface area (Å²) in [7, 11) is 0. The molecule has 0 heterocycles. The van der Waals surface area contributed by atoms with E-state index >= 15 is 0 Å². The number of allylic oxidation sites excluding steroid dienone is 2. The molecule has 3 saturated carbocycles. The van der Waals surface area contributed by atoms with Crippen molar-refractivity contribution in [2.45, 2.75) is 77.4 Å². The lowest BCUT2D eigenvalue weighted by Crippen LogP contribution is -2.62. The molecular formula is C25H34O6. The van der Waals surface area contributed by atoms with Crippen LogP contribution in [0.4, 0.5) is 0 Å². The van der Waals surface area contributed by atoms with Gasteiger partial charge in [0.15, 0.2) is 12.4 Å². The molecule has 0 aromatic heterocycles. The Hall–Kier alpha value is -1.79. The molecule has 7 atom stereocenters. The molecule has 0 unspecified atom stereocenters. The van der Waals surface area contributed by atoms with Gasteiger partial charge in [0, 0.05) is 17.9 Å². The number of hydrogen-bond donors (Lipinski definition) is 2. The lowest BCUT2D eigenvalue weighted by atomic mass is 9.45. The molecule has 170 valence electrons. The van der Waals surface area contributed by atoms with Crippen LogP contribution in [0.1, 0.15) is 65.7 Å². The Bertz CT molecular complexity index is 858. The second-order valence-corrected chi connectivity index (χ2v) is 10.5. The molecule has 0 aromatic rings. The molecule has 4 aliphatic carbocycles. The van der Waals surface area contributed by atoms with Crippen LogP contribution in [0.2, 0.25) is 0 Å². The van der Waals surface area contributed by atoms with Gasteiger partial charge in [-0.1, -0.05) is 25.5 Å². The molecule has 2 N–H and O–H groups in total. The second kappa shape index (κ2) is 7.66. The number of esters is 1. The summed E-state index contributed by atoms with van der Waals surface area (Å²) in [5, 5.41) is 22.9. The SMILES string of the molecule is C/C=C/C(=O)OCC(=O)[C@]1(O)CC[C@@H]2[C@H]3CCC4=CC(=O)CC[C@]4(C)[C@@H]3[C@H](O)C[C@]21C. The lowest BCUT2D eigenvalue weighted by molar-refractivity contribution is -0.184. The fourth-order valence-electron chi connectivity index (χ4n) is 7.59. The molecule has 0 amide bonds. The van der Waals surface area contributed by atoms with Gasteiger partial charge in [-0.3, -0.25) is 9.59 Å². The summed E-state index contributed by atoms with van der Waals surface area (Å²) < 4.78 is 5.04. The number of ether oxygens (including phenoxy) is 1. The predicted octanol–water partition coefficient (Wildman–Crippen LogP) is 2.91. The van der Waals surface area contributed by atoms with Crippen molar-refractivity contribution in [2.24, 2.45) is 28.6 Å². The maximum absolute atomic E-state index is 13.1. The van der Waals surface area contributed by atoms with Gasteiger partial charge in [0.05, 0.1) is 6.10 Å². The molecule has 3 fully saturated rings. The first-order chi connectivity index (χ1) is 14.6. The predicted molar refractivity (Wildman–Crippen MR) is 114 cm³/mol. The molecule has 0 aromatic carbocycles. The Morgan fingerprint density at radius 1 is 1.23 bits per heavy atom. The highest BCUT2D eigenvalue weighted by Gasteiger charge is 2.68. The van der Waals surface area contributed by atoms with Crippen LogP contribution in [-0.2, 0) is 19.1 Å². The van der Waals surface area contributed by atoms with Crippen molar-refractivity contribution >= 4 is 17.5 Å². The Morgan fingerprint density at radius 3 is 2.68 bits per heavy atom. The quantitative estimate of drug-likeness (QED) is 0.525. The van der Waals surface area contributed by atoms with E-state index in [1.54, 1.807) is 13.0 Å². The van der Waals surface area contributed by atoms with Crippen LogP contribution >= 0.6 is 0 Å². The molecular weight excluding hydrogens is 396 g/mol. The number of rotatable bonds is 4. The van der Waals surface area contributed by atoms with Gasteiger partial charge in [0.25, 0.3) is 0 Å². The van der Waals surface area contributed by atoms with Gasteiger partial charge in [-0.2, -0.15) is 0 Å². The summed E-state index contributed by atoms with van der Waals surface area (Å²) >= 11 is 0. The Labute approximate surface area is 183 Å². The van der Waals surface area contributed by atoms with Gasteiger partial charge in [-0.15, -0.1) is 0 Å². The van der Waals surface area contributed by atoms with Crippen LogP contribution in [-0.4, -0.2) is 46.1 Å². The van der Waals surface area contributed by atoms with E-state index in [-0.39, 0.29) is 29.0 Å². The van der Waals surface area contributed by atoms with Gasteiger partial charge in [0.1, 0.15) is 5.60 Å². The van der Waals surface area contributed by atoms with Crippen molar-refractivity contribution in [2.75, 3.05) is 6.61 Å². The number of ketones is 2. The summed E-state index contributed by atoms with van der Waals surface area (Å²) in [6.07, 6.45) is 8.25. The monoisotopic (exact) mass is 430 g/mol. The van der Waals surface area contributed by atoms with E-state index in [2.05, 4.69) is 6.92 Å². The highest BCUT2D eigenvalue weighted by Crippen LogP contribution is 2.67. The Morgan fingerprint density at radius 2 is 1.97 bits per heavy atom. The van der Waals surface area contributed by atoms with Crippen molar-refractivity contribution in [3.63, 3.8) is 0 Å². The van der Waals surface area contributed by atoms with Crippen molar-refractivity contribution in [1.82, 2.24) is 0 Å². The molecule has 4 aliphatic rings. The van der Waals surface area contributed by atoms with Crippen LogP contribution in [0.5, 0.6) is 0 Å². The lowest BCUT2D eigenvalue weighted by Gasteiger charge is -2.60. The fraction of sp³-hybridized carbons (Fsp3) is 0.720. The molecule has 0 spiro atoms. The van der Waals surface area contributed by atoms with Crippen LogP contribution in [0.15, 0.2) is 23.8 Å². The molecule has 0 bridgehead atoms. The topological polar surface area (TPSA) is 101 Å². The fourth-order valence-corrected chi connectivity index (χ4v) is 7.59. The summed E-state index contributed by atoms with van der Waals surface area (Å²) in [5.74, 6) is -0.576. The number of aliphatic hydroxyl groups is 2. The molecule has 0 radical (unpaired) electrons. The van der Waals surface area contributed by atoms with E-state index in [0.717, 1.165) is 24.8 Å². The van der Waals surface area contributed by atoms with Gasteiger partial charge >= 0.3 is 5.97 Å². The first kappa shape index (κ1) is 22.4. The van der Waals surface area contributed by atoms with Crippen LogP contribution in [0.3, 0.4) is 0 Å². The Balaban J connectivity index is 1.60. The second-order valence-electron chi connectivity index (χ2n) is 10.5. The summed E-state index contributed by atoms with van der Waals surface area (Å²) in [4.78, 5) is 36.7. The maximum atomic E-state index is 13.1. The van der Waals surface area contributed by atoms with Crippen molar-refractivity contribution in [3.05, 3.63) is 23.8 Å². The number of aliphatic hydroxyl groups excluding tert-OH is 1. The van der Waals surface area contributed by atoms with E-state index in [9.17, 15) is 24.6 Å². The average molecular weight is 431 g/mol. The summed E-state index contributed by atoms with van der Waals surface area (Å²) in [6, 6.07) is 0. The zero-order valence-electron chi connectivity index (χ0n) is 18.7. The highest BCUT2D eigenvalue weighted by molar-refractivity contribution is 5.92. The van der Waals surface area contributed by atoms with E-state index < -0.39 is 35.5 Å². The van der Waals surface area contributed by atoms with Gasteiger partial charge in [0.2, 0.25) is 5.78 Å². The van der Waals surface area contributed by atoms with Crippen molar-refractivity contribution < 1.29 is 29.3 Å². The zero-order valence-corrected chi connectivity index (χ0v) is 18.7. The van der Waals surface area contributed by atoms with Crippen molar-refractivity contribution in [1.29, 1.82) is 0 Å². The smallest absolute Gasteiger partial charge is 0.330 e. The average Bonchev–Trinajstić information content (AvgIpc) is 2.98. The molecule has 4 rings (SSSR count). The molecule has 6 nitrogen and oxygen atoms in total. The number of carbonyl (C=O) groups is 3. The standard InChI is InChI=1S/C25H34O6/c1-4-5-21(29)31-14-20(28)25(30)11-9-18-17-7-6-15-12-16(26)8-10-23(15,2)22(17)19(27)13-24(18,25)3/h4-5,12,17-19,22,27,30H,6-11,13-14H2,1-3H3/b5-4+/t17-,18-,19-,22+,23+,24-,25-/m1/s1. The number of Topliss-reactive ketones (excluding diaryl/α,β-unsaturated/α-hetero) is 1. The molecule has 0 saturated heterocycles. The third-order valence-electron chi connectivity index (χ3n) is 9.16. The molecule has 31 heavy (non-hydrogen) atoms. The summed E-state index contributed by atoms with van der Waals surface area (Å²) in [5.41, 5.74) is -1.42. The molecule has 6 heteroatoms. The van der Waals surface area contributed by atoms with Gasteiger partial charge < -0.3 is 14.9 Å². The van der Waals surface area contributed by atoms with Crippen LogP contribution < -0.4 is 0 Å². The van der Waals surface area contributed by atoms with E-state index in [4.69, 9.17) is 4.74 Å². The molecule has 0 aliphatic heterocycles. The minimum absolute atomic E-state index is 0.0312. The third-order valence-corrected chi connectivity index (χ3v) is 9.16. The van der Waals surface area contributed by atoms with E-state index in [0.29, 0.717) is 25.7 Å². The first-order valence-corrected chi connectivity index (χ1v) is 11.5. The van der Waals surface area contributed by atoms with Crippen LogP contribution in [0.25, 0.3) is 0 Å². The minimum atomic E-state index is -1.61. The first-order valence-electron chi connectivity index (χ1n) is 11.5. The third kappa shape index (κ3) is 3.25. The maximum Gasteiger partial charge on any atom is 0.330 e.